The minimum atomic E-state index is 0.456. The van der Waals surface area contributed by atoms with Gasteiger partial charge < -0.3 is 28.3 Å². The van der Waals surface area contributed by atoms with Crippen LogP contribution in [0.5, 0.6) is 23.0 Å². The van der Waals surface area contributed by atoms with Crippen molar-refractivity contribution in [1.82, 2.24) is 10.2 Å². The predicted molar refractivity (Wildman–Crippen MR) is 359 cm³/mol. The molecule has 0 radical (unpaired) electrons. The Labute approximate surface area is 511 Å². The number of unbranched alkanes of at least 4 members (excludes halogenated alkanes) is 12. The fraction of sp³-hybridized carbons (Fsp3) is 0.333. The molecule has 0 saturated heterocycles. The van der Waals surface area contributed by atoms with E-state index in [1.54, 1.807) is 0 Å². The molecule has 1 heterocycles. The van der Waals surface area contributed by atoms with Crippen molar-refractivity contribution in [1.29, 1.82) is 0 Å². The van der Waals surface area contributed by atoms with E-state index in [1.165, 1.54) is 56.9 Å². The molecule has 0 spiro atoms. The number of para-hydroxylation sites is 1. The van der Waals surface area contributed by atoms with Gasteiger partial charge >= 0.3 is 0 Å². The Morgan fingerprint density at radius 2 is 0.640 bits per heavy atom. The van der Waals surface area contributed by atoms with Crippen molar-refractivity contribution in [2.75, 3.05) is 31.3 Å². The molecular weight excluding hydrogens is 1060 g/mol. The van der Waals surface area contributed by atoms with Gasteiger partial charge in [0.05, 0.1) is 26.4 Å². The van der Waals surface area contributed by atoms with Crippen LogP contribution in [0.25, 0.3) is 77.8 Å². The molecule has 0 atom stereocenters. The predicted octanol–water partition coefficient (Wildman–Crippen LogP) is 22.6. The summed E-state index contributed by atoms with van der Waals surface area (Å²) in [6.07, 6.45) is 18.1. The molecule has 0 aliphatic heterocycles. The number of hydrogen-bond acceptors (Lipinski definition) is 8. The summed E-state index contributed by atoms with van der Waals surface area (Å²) in [6.45, 7) is 15.9. The lowest BCUT2D eigenvalue weighted by Gasteiger charge is -2.26. The van der Waals surface area contributed by atoms with Crippen molar-refractivity contribution in [3.63, 3.8) is 0 Å². The van der Waals surface area contributed by atoms with Gasteiger partial charge in [-0.3, -0.25) is 0 Å². The topological polar surface area (TPSA) is 79.1 Å². The third kappa shape index (κ3) is 14.8. The summed E-state index contributed by atoms with van der Waals surface area (Å²) < 4.78 is 33.5. The van der Waals surface area contributed by atoms with Crippen LogP contribution in [0.15, 0.2) is 180 Å². The molecule has 8 heteroatoms. The maximum absolute atomic E-state index is 6.93. The largest absolute Gasteiger partial charge is 0.493 e. The highest BCUT2D eigenvalue weighted by molar-refractivity contribution is 6.03. The van der Waals surface area contributed by atoms with Gasteiger partial charge in [0, 0.05) is 66.4 Å². The monoisotopic (exact) mass is 1150 g/mol. The number of fused-ring (bicyclic) bond motifs is 2. The summed E-state index contributed by atoms with van der Waals surface area (Å²) in [6, 6.07) is 62.5. The maximum Gasteiger partial charge on any atom is 0.248 e. The van der Waals surface area contributed by atoms with E-state index in [2.05, 4.69) is 233 Å². The second-order valence-corrected chi connectivity index (χ2v) is 23.0. The Hall–Kier alpha value is -8.36. The number of nitrogens with zero attached hydrogens (tertiary/aromatic N) is 3. The molecule has 0 N–H and O–H groups in total. The number of aromatic nitrogens is 2. The molecule has 9 aromatic carbocycles. The van der Waals surface area contributed by atoms with Gasteiger partial charge in [0.2, 0.25) is 11.8 Å². The van der Waals surface area contributed by atoms with E-state index >= 15 is 0 Å². The molecule has 1 aromatic heterocycles. The summed E-state index contributed by atoms with van der Waals surface area (Å²) in [5.41, 5.74) is 13.7. The number of hydrogen-bond donors (Lipinski definition) is 0. The first-order valence-electron chi connectivity index (χ1n) is 32.1. The van der Waals surface area contributed by atoms with E-state index in [9.17, 15) is 0 Å². The molecule has 0 fully saturated rings. The van der Waals surface area contributed by atoms with Crippen molar-refractivity contribution in [3.8, 4) is 79.3 Å². The number of ether oxygens (including phenoxy) is 4. The van der Waals surface area contributed by atoms with E-state index in [1.807, 2.05) is 0 Å². The van der Waals surface area contributed by atoms with E-state index in [0.717, 1.165) is 163 Å². The molecule has 8 nitrogen and oxygen atoms in total. The van der Waals surface area contributed by atoms with Crippen LogP contribution in [0, 0.1) is 13.8 Å². The zero-order valence-electron chi connectivity index (χ0n) is 51.8. The lowest BCUT2D eigenvalue weighted by atomic mass is 9.94. The van der Waals surface area contributed by atoms with Gasteiger partial charge in [-0.25, -0.2) is 0 Å². The Morgan fingerprint density at radius 3 is 1.03 bits per heavy atom. The molecule has 0 aliphatic rings. The summed E-state index contributed by atoms with van der Waals surface area (Å²) in [5.74, 6) is 4.50. The Bertz CT molecular complexity index is 3720. The first-order chi connectivity index (χ1) is 42.4. The first-order valence-corrected chi connectivity index (χ1v) is 32.1. The van der Waals surface area contributed by atoms with Crippen molar-refractivity contribution >= 4 is 38.6 Å². The average Bonchev–Trinajstić information content (AvgIpc) is 1.42. The van der Waals surface area contributed by atoms with Gasteiger partial charge in [-0.15, -0.1) is 10.2 Å². The van der Waals surface area contributed by atoms with Crippen molar-refractivity contribution in [2.24, 2.45) is 0 Å². The van der Waals surface area contributed by atoms with Gasteiger partial charge in [0.1, 0.15) is 23.0 Å². The summed E-state index contributed by atoms with van der Waals surface area (Å²) in [7, 11) is 0. The molecule has 0 amide bonds. The second-order valence-electron chi connectivity index (χ2n) is 23.0. The smallest absolute Gasteiger partial charge is 0.248 e. The number of aryl methyl sites for hydroxylation is 2. The SMILES string of the molecule is CCCCCCOc1c(C)ccc2c(OCCCCCC)c(-c3ccc(-c4nnc(-c5ccc(-c6ccc7c(OCCCCCC)c(-c8ccc(N(c9ccccc9)c9ccc(C)cc9)cc8)ccc7c6OCCCCCC)cc5)o4)cc3)ccc12. The lowest BCUT2D eigenvalue weighted by Crippen LogP contribution is -2.09. The molecule has 444 valence electrons. The zero-order valence-corrected chi connectivity index (χ0v) is 51.8. The molecule has 0 saturated carbocycles. The highest BCUT2D eigenvalue weighted by atomic mass is 16.5. The minimum Gasteiger partial charge on any atom is -0.493 e. The number of benzene rings is 9. The number of anilines is 3. The maximum atomic E-state index is 6.93. The highest BCUT2D eigenvalue weighted by Crippen LogP contribution is 2.47. The fourth-order valence-corrected chi connectivity index (χ4v) is 11.5. The third-order valence-electron chi connectivity index (χ3n) is 16.4. The zero-order chi connectivity index (χ0) is 59.5. The van der Waals surface area contributed by atoms with Crippen molar-refractivity contribution < 1.29 is 23.4 Å². The van der Waals surface area contributed by atoms with Crippen LogP contribution in [0.1, 0.15) is 142 Å². The lowest BCUT2D eigenvalue weighted by molar-refractivity contribution is 0.304. The van der Waals surface area contributed by atoms with Crippen molar-refractivity contribution in [2.45, 2.75) is 144 Å². The Balaban J connectivity index is 0.926. The molecule has 86 heavy (non-hydrogen) atoms. The first kappa shape index (κ1) is 60.8. The number of rotatable bonds is 32. The van der Waals surface area contributed by atoms with Crippen LogP contribution in [-0.4, -0.2) is 36.6 Å². The molecule has 0 unspecified atom stereocenters. The molecular formula is C78H87N3O5. The Morgan fingerprint density at radius 1 is 0.314 bits per heavy atom. The van der Waals surface area contributed by atoms with E-state index in [-0.39, 0.29) is 0 Å². The van der Waals surface area contributed by atoms with Crippen LogP contribution in [-0.2, 0) is 0 Å². The van der Waals surface area contributed by atoms with Crippen molar-refractivity contribution in [3.05, 3.63) is 187 Å². The van der Waals surface area contributed by atoms with E-state index < -0.39 is 0 Å². The second kappa shape index (κ2) is 30.6. The highest BCUT2D eigenvalue weighted by Gasteiger charge is 2.22. The average molecular weight is 1150 g/mol. The quantitative estimate of drug-likeness (QED) is 0.0386. The van der Waals surface area contributed by atoms with Crippen LogP contribution in [0.4, 0.5) is 17.1 Å². The standard InChI is InChI=1S/C78H87N3O5/c1-7-11-15-22-52-82-73-57(6)30-45-70-69(73)49-46-66(74(70)83-53-23-16-12-8-2)58-31-35-61(36-32-58)77-79-80-78(86-77)62-37-33-59(34-38-62)67-47-50-72-71(75(67)84-54-24-17-13-9-3)51-48-68(76(72)85-55-25-18-14-10-4)60-39-43-65(44-40-60)81(63-26-20-19-21-27-63)64-41-28-56(5)29-42-64/h19-21,26-51H,7-18,22-25,52-55H2,1-6H3. The molecule has 10 aromatic rings. The van der Waals surface area contributed by atoms with Gasteiger partial charge in [-0.05, 0) is 159 Å². The Kier molecular flexibility index (Phi) is 21.6. The third-order valence-corrected chi connectivity index (χ3v) is 16.4. The van der Waals surface area contributed by atoms with E-state index in [0.29, 0.717) is 38.2 Å². The van der Waals surface area contributed by atoms with E-state index in [4.69, 9.17) is 23.4 Å². The summed E-state index contributed by atoms with van der Waals surface area (Å²) >= 11 is 0. The van der Waals surface area contributed by atoms with Gasteiger partial charge in [0.25, 0.3) is 0 Å². The summed E-state index contributed by atoms with van der Waals surface area (Å²) in [4.78, 5) is 2.31. The van der Waals surface area contributed by atoms with Crippen LogP contribution in [0.2, 0.25) is 0 Å². The molecule has 10 rings (SSSR count). The van der Waals surface area contributed by atoms with Gasteiger partial charge in [0.15, 0.2) is 0 Å². The van der Waals surface area contributed by atoms with Crippen LogP contribution < -0.4 is 23.8 Å². The van der Waals surface area contributed by atoms with Crippen LogP contribution in [0.3, 0.4) is 0 Å². The normalized spacial score (nSPS) is 11.4. The minimum absolute atomic E-state index is 0.456. The van der Waals surface area contributed by atoms with Gasteiger partial charge in [-0.2, -0.15) is 0 Å². The fourth-order valence-electron chi connectivity index (χ4n) is 11.5. The van der Waals surface area contributed by atoms with Gasteiger partial charge in [-0.1, -0.05) is 189 Å². The van der Waals surface area contributed by atoms with Crippen LogP contribution >= 0.6 is 0 Å². The summed E-state index contributed by atoms with van der Waals surface area (Å²) in [5, 5.41) is 13.3. The molecule has 0 bridgehead atoms. The molecule has 0 aliphatic carbocycles.